The molecule has 27 heavy (non-hydrogen) atoms. The Balaban J connectivity index is 1.67. The summed E-state index contributed by atoms with van der Waals surface area (Å²) in [6, 6.07) is 10.2. The Labute approximate surface area is 166 Å². The van der Waals surface area contributed by atoms with Crippen LogP contribution in [0.3, 0.4) is 0 Å². The lowest BCUT2D eigenvalue weighted by Gasteiger charge is -2.09. The third-order valence-corrected chi connectivity index (χ3v) is 5.73. The van der Waals surface area contributed by atoms with Gasteiger partial charge in [-0.05, 0) is 52.7 Å². The zero-order chi connectivity index (χ0) is 19.4. The summed E-state index contributed by atoms with van der Waals surface area (Å²) in [7, 11) is -3.40. The van der Waals surface area contributed by atoms with E-state index in [0.717, 1.165) is 15.8 Å². The highest BCUT2D eigenvalue weighted by atomic mass is 79.9. The Bertz CT molecular complexity index is 1080. The molecule has 0 spiro atoms. The highest BCUT2D eigenvalue weighted by Gasteiger charge is 2.12. The van der Waals surface area contributed by atoms with Crippen LogP contribution in [-0.2, 0) is 16.6 Å². The highest BCUT2D eigenvalue weighted by Crippen LogP contribution is 2.14. The fourth-order valence-corrected chi connectivity index (χ4v) is 4.08. The number of hydrogen-bond donors (Lipinski definition) is 2. The molecule has 1 amide bonds. The second-order valence-corrected chi connectivity index (χ2v) is 8.79. The van der Waals surface area contributed by atoms with Gasteiger partial charge in [0.2, 0.25) is 10.0 Å². The van der Waals surface area contributed by atoms with E-state index in [4.69, 9.17) is 0 Å². The average molecular weight is 451 g/mol. The number of aromatic nitrogens is 2. The van der Waals surface area contributed by atoms with Gasteiger partial charge in [0.25, 0.3) is 5.91 Å². The minimum Gasteiger partial charge on any atom is -0.346 e. The van der Waals surface area contributed by atoms with Gasteiger partial charge in [0.15, 0.2) is 0 Å². The van der Waals surface area contributed by atoms with E-state index in [2.05, 4.69) is 31.0 Å². The number of fused-ring (bicyclic) bond motifs is 1. The third kappa shape index (κ3) is 5.08. The van der Waals surface area contributed by atoms with Crippen LogP contribution in [-0.4, -0.2) is 29.5 Å². The van der Waals surface area contributed by atoms with E-state index < -0.39 is 10.0 Å². The maximum Gasteiger partial charge on any atom is 0.251 e. The molecule has 3 rings (SSSR count). The number of nitrogens with zero attached hydrogens (tertiary/aromatic N) is 2. The number of pyridine rings is 1. The lowest BCUT2D eigenvalue weighted by Crippen LogP contribution is -2.23. The van der Waals surface area contributed by atoms with Gasteiger partial charge in [-0.15, -0.1) is 0 Å². The third-order valence-electron chi connectivity index (χ3n) is 3.77. The molecule has 0 aliphatic carbocycles. The van der Waals surface area contributed by atoms with Gasteiger partial charge in [0.05, 0.1) is 18.0 Å². The molecule has 0 saturated heterocycles. The first-order valence-corrected chi connectivity index (χ1v) is 10.8. The molecule has 0 bridgehead atoms. The SMILES string of the molecule is CCCS(=O)(=O)Nc1cccc(C(=O)NCc2cn3cc(Br)ccc3n2)c1. The van der Waals surface area contributed by atoms with Gasteiger partial charge in [0.1, 0.15) is 5.65 Å². The zero-order valence-electron chi connectivity index (χ0n) is 14.6. The van der Waals surface area contributed by atoms with Gasteiger partial charge in [-0.25, -0.2) is 13.4 Å². The van der Waals surface area contributed by atoms with Gasteiger partial charge in [-0.1, -0.05) is 13.0 Å². The summed E-state index contributed by atoms with van der Waals surface area (Å²) >= 11 is 3.40. The molecule has 2 aromatic heterocycles. The molecule has 0 saturated carbocycles. The number of anilines is 1. The van der Waals surface area contributed by atoms with Crippen molar-refractivity contribution in [2.45, 2.75) is 19.9 Å². The Kier molecular flexibility index (Phi) is 5.81. The van der Waals surface area contributed by atoms with E-state index in [0.29, 0.717) is 17.7 Å². The second-order valence-electron chi connectivity index (χ2n) is 6.03. The minimum atomic E-state index is -3.40. The first-order chi connectivity index (χ1) is 12.9. The van der Waals surface area contributed by atoms with E-state index >= 15 is 0 Å². The predicted molar refractivity (Wildman–Crippen MR) is 108 cm³/mol. The van der Waals surface area contributed by atoms with Crippen molar-refractivity contribution >= 4 is 43.2 Å². The van der Waals surface area contributed by atoms with E-state index in [-0.39, 0.29) is 18.2 Å². The van der Waals surface area contributed by atoms with E-state index in [1.54, 1.807) is 25.1 Å². The number of halogens is 1. The maximum atomic E-state index is 12.4. The van der Waals surface area contributed by atoms with E-state index in [1.165, 1.54) is 6.07 Å². The van der Waals surface area contributed by atoms with Gasteiger partial charge < -0.3 is 9.72 Å². The molecule has 0 unspecified atom stereocenters. The molecule has 2 N–H and O–H groups in total. The quantitative estimate of drug-likeness (QED) is 0.577. The van der Waals surface area contributed by atoms with Crippen LogP contribution < -0.4 is 10.0 Å². The fraction of sp³-hybridized carbons (Fsp3) is 0.222. The standard InChI is InChI=1S/C18H19BrN4O3S/c1-2-8-27(25,26)22-15-5-3-4-13(9-15)18(24)20-10-16-12-23-11-14(19)6-7-17(23)21-16/h3-7,9,11-12,22H,2,8,10H2,1H3,(H,20,24). The van der Waals surface area contributed by atoms with Crippen LogP contribution in [0.15, 0.2) is 53.3 Å². The van der Waals surface area contributed by atoms with Gasteiger partial charge in [0, 0.05) is 28.1 Å². The van der Waals surface area contributed by atoms with Crippen molar-refractivity contribution in [3.63, 3.8) is 0 Å². The summed E-state index contributed by atoms with van der Waals surface area (Å²) in [6.45, 7) is 2.06. The largest absolute Gasteiger partial charge is 0.346 e. The average Bonchev–Trinajstić information content (AvgIpc) is 3.01. The van der Waals surface area contributed by atoms with Crippen LogP contribution in [0.25, 0.3) is 5.65 Å². The molecule has 3 aromatic rings. The summed E-state index contributed by atoms with van der Waals surface area (Å²) < 4.78 is 29.0. The molecule has 7 nitrogen and oxygen atoms in total. The normalized spacial score (nSPS) is 11.5. The summed E-state index contributed by atoms with van der Waals surface area (Å²) in [5, 5.41) is 2.80. The van der Waals surface area contributed by atoms with Crippen LogP contribution in [0.1, 0.15) is 29.4 Å². The Morgan fingerprint density at radius 2 is 2.04 bits per heavy atom. The number of nitrogens with one attached hydrogen (secondary N) is 2. The molecule has 0 atom stereocenters. The summed E-state index contributed by atoms with van der Waals surface area (Å²) in [6.07, 6.45) is 4.25. The highest BCUT2D eigenvalue weighted by molar-refractivity contribution is 9.10. The van der Waals surface area contributed by atoms with E-state index in [1.807, 2.05) is 28.9 Å². The van der Waals surface area contributed by atoms with Crippen molar-refractivity contribution < 1.29 is 13.2 Å². The van der Waals surface area contributed by atoms with Crippen molar-refractivity contribution in [2.75, 3.05) is 10.5 Å². The molecule has 1 aromatic carbocycles. The van der Waals surface area contributed by atoms with Crippen LogP contribution in [0.4, 0.5) is 5.69 Å². The van der Waals surface area contributed by atoms with Crippen molar-refractivity contribution in [3.05, 3.63) is 64.5 Å². The van der Waals surface area contributed by atoms with Gasteiger partial charge in [-0.3, -0.25) is 9.52 Å². The molecule has 0 fully saturated rings. The molecule has 142 valence electrons. The molecule has 0 aliphatic heterocycles. The second kappa shape index (κ2) is 8.10. The number of imidazole rings is 1. The summed E-state index contributed by atoms with van der Waals surface area (Å²) in [5.74, 6) is -0.266. The van der Waals surface area contributed by atoms with Gasteiger partial charge >= 0.3 is 0 Å². The fourth-order valence-electron chi connectivity index (χ4n) is 2.60. The molecule has 2 heterocycles. The van der Waals surface area contributed by atoms with Crippen molar-refractivity contribution in [1.82, 2.24) is 14.7 Å². The van der Waals surface area contributed by atoms with Crippen LogP contribution >= 0.6 is 15.9 Å². The Hall–Kier alpha value is -2.39. The number of benzene rings is 1. The number of carbonyl (C=O) groups is 1. The predicted octanol–water partition coefficient (Wildman–Crippen LogP) is 3.18. The first-order valence-electron chi connectivity index (χ1n) is 8.38. The maximum absolute atomic E-state index is 12.4. The molecule has 0 aliphatic rings. The van der Waals surface area contributed by atoms with Crippen molar-refractivity contribution in [3.8, 4) is 0 Å². The van der Waals surface area contributed by atoms with Crippen molar-refractivity contribution in [1.29, 1.82) is 0 Å². The number of amides is 1. The first kappa shape index (κ1) is 19.4. The Morgan fingerprint density at radius 3 is 2.81 bits per heavy atom. The molecule has 9 heteroatoms. The lowest BCUT2D eigenvalue weighted by atomic mass is 10.2. The molecular formula is C18H19BrN4O3S. The smallest absolute Gasteiger partial charge is 0.251 e. The van der Waals surface area contributed by atoms with Crippen LogP contribution in [0.2, 0.25) is 0 Å². The number of hydrogen-bond acceptors (Lipinski definition) is 4. The molecular weight excluding hydrogens is 432 g/mol. The van der Waals surface area contributed by atoms with Crippen LogP contribution in [0, 0.1) is 0 Å². The van der Waals surface area contributed by atoms with Crippen LogP contribution in [0.5, 0.6) is 0 Å². The monoisotopic (exact) mass is 450 g/mol. The van der Waals surface area contributed by atoms with Gasteiger partial charge in [-0.2, -0.15) is 0 Å². The zero-order valence-corrected chi connectivity index (χ0v) is 17.0. The number of rotatable bonds is 7. The summed E-state index contributed by atoms with van der Waals surface area (Å²) in [4.78, 5) is 16.8. The number of sulfonamides is 1. The minimum absolute atomic E-state index is 0.0351. The topological polar surface area (TPSA) is 92.6 Å². The van der Waals surface area contributed by atoms with E-state index in [9.17, 15) is 13.2 Å². The summed E-state index contributed by atoms with van der Waals surface area (Å²) in [5.41, 5.74) is 2.25. The number of carbonyl (C=O) groups excluding carboxylic acids is 1. The molecule has 0 radical (unpaired) electrons. The lowest BCUT2D eigenvalue weighted by molar-refractivity contribution is 0.0950. The Morgan fingerprint density at radius 1 is 1.22 bits per heavy atom. The van der Waals surface area contributed by atoms with Crippen molar-refractivity contribution in [2.24, 2.45) is 0 Å².